The third-order valence-electron chi connectivity index (χ3n) is 6.21. The first-order chi connectivity index (χ1) is 17.9. The van der Waals surface area contributed by atoms with Crippen molar-refractivity contribution < 1.29 is 9.59 Å². The van der Waals surface area contributed by atoms with Gasteiger partial charge in [0, 0.05) is 40.7 Å². The van der Waals surface area contributed by atoms with Crippen LogP contribution in [0.25, 0.3) is 22.2 Å². The Morgan fingerprint density at radius 3 is 2.68 bits per heavy atom. The van der Waals surface area contributed by atoms with Gasteiger partial charge < -0.3 is 10.6 Å². The highest BCUT2D eigenvalue weighted by Crippen LogP contribution is 2.29. The average molecular weight is 511 g/mol. The molecule has 0 unspecified atom stereocenters. The van der Waals surface area contributed by atoms with Gasteiger partial charge in [0.1, 0.15) is 0 Å². The van der Waals surface area contributed by atoms with Gasteiger partial charge in [0.15, 0.2) is 0 Å². The number of carbonyl (C=O) groups excluding carboxylic acids is 2. The number of thiazole rings is 1. The van der Waals surface area contributed by atoms with Crippen LogP contribution in [-0.2, 0) is 13.6 Å². The predicted molar refractivity (Wildman–Crippen MR) is 144 cm³/mol. The van der Waals surface area contributed by atoms with Crippen LogP contribution in [0.3, 0.4) is 0 Å². The minimum Gasteiger partial charge on any atom is -0.346 e. The van der Waals surface area contributed by atoms with E-state index in [0.717, 1.165) is 39.0 Å². The largest absolute Gasteiger partial charge is 0.346 e. The third kappa shape index (κ3) is 5.26. The van der Waals surface area contributed by atoms with Crippen LogP contribution < -0.4 is 10.6 Å². The normalized spacial score (nSPS) is 11.9. The molecule has 5 aromatic rings. The first-order valence-corrected chi connectivity index (χ1v) is 12.8. The number of hydrogen-bond acceptors (Lipinski definition) is 6. The molecule has 9 heteroatoms. The summed E-state index contributed by atoms with van der Waals surface area (Å²) in [5.74, 6) is -0.411. The van der Waals surface area contributed by atoms with Crippen molar-refractivity contribution in [3.63, 3.8) is 0 Å². The topological polar surface area (TPSA) is 102 Å². The Bertz CT molecular complexity index is 1590. The maximum absolute atomic E-state index is 13.3. The smallest absolute Gasteiger partial charge is 0.252 e. The molecule has 186 valence electrons. The number of amides is 2. The van der Waals surface area contributed by atoms with Crippen LogP contribution in [-0.4, -0.2) is 31.6 Å². The standard InChI is InChI=1S/C28H26N6O2S/c1-17-10-19(27(35)29-13-21-15-37-16-30-21)8-9-22(17)28(36)32-18(2)24-11-26(20-12-31-34(3)14-20)33-25-7-5-4-6-23(24)25/h4-12,14-16,18H,13H2,1-3H3,(H,29,35)(H,32,36)/t18-/m1/s1. The lowest BCUT2D eigenvalue weighted by atomic mass is 9.99. The summed E-state index contributed by atoms with van der Waals surface area (Å²) in [7, 11) is 1.87. The summed E-state index contributed by atoms with van der Waals surface area (Å²) in [6, 6.07) is 14.7. The highest BCUT2D eigenvalue weighted by atomic mass is 32.1. The number of fused-ring (bicyclic) bond motifs is 1. The fourth-order valence-corrected chi connectivity index (χ4v) is 4.83. The lowest BCUT2D eigenvalue weighted by molar-refractivity contribution is 0.0931. The van der Waals surface area contributed by atoms with E-state index in [1.807, 2.05) is 62.8 Å². The van der Waals surface area contributed by atoms with Crippen LogP contribution in [0.1, 0.15) is 50.5 Å². The number of hydrogen-bond donors (Lipinski definition) is 2. The molecule has 3 heterocycles. The molecule has 0 radical (unpaired) electrons. The molecule has 2 N–H and O–H groups in total. The van der Waals surface area contributed by atoms with E-state index in [9.17, 15) is 9.59 Å². The second kappa shape index (κ2) is 10.3. The molecule has 0 saturated heterocycles. The first kappa shape index (κ1) is 24.3. The SMILES string of the molecule is Cc1cc(C(=O)NCc2cscn2)ccc1C(=O)N[C@H](C)c1cc(-c2cnn(C)c2)nc2ccccc12. The van der Waals surface area contributed by atoms with Gasteiger partial charge in [-0.15, -0.1) is 11.3 Å². The Morgan fingerprint density at radius 1 is 1.11 bits per heavy atom. The highest BCUT2D eigenvalue weighted by molar-refractivity contribution is 7.07. The van der Waals surface area contributed by atoms with Crippen LogP contribution in [0, 0.1) is 6.92 Å². The van der Waals surface area contributed by atoms with Gasteiger partial charge in [-0.3, -0.25) is 14.3 Å². The van der Waals surface area contributed by atoms with Gasteiger partial charge in [0.2, 0.25) is 0 Å². The number of aromatic nitrogens is 4. The molecule has 0 aliphatic rings. The molecule has 8 nitrogen and oxygen atoms in total. The third-order valence-corrected chi connectivity index (χ3v) is 6.84. The average Bonchev–Trinajstić information content (AvgIpc) is 3.58. The first-order valence-electron chi connectivity index (χ1n) is 11.8. The minimum atomic E-state index is -0.281. The minimum absolute atomic E-state index is 0.205. The van der Waals surface area contributed by atoms with Crippen molar-refractivity contribution >= 4 is 34.1 Å². The van der Waals surface area contributed by atoms with E-state index in [1.54, 1.807) is 34.6 Å². The second-order valence-corrected chi connectivity index (χ2v) is 9.62. The molecule has 2 amide bonds. The monoisotopic (exact) mass is 510 g/mol. The van der Waals surface area contributed by atoms with Crippen LogP contribution >= 0.6 is 11.3 Å². The Kier molecular flexibility index (Phi) is 6.78. The summed E-state index contributed by atoms with van der Waals surface area (Å²) < 4.78 is 1.74. The Hall–Kier alpha value is -4.37. The molecule has 0 fully saturated rings. The molecular weight excluding hydrogens is 484 g/mol. The number of nitrogens with zero attached hydrogens (tertiary/aromatic N) is 4. The van der Waals surface area contributed by atoms with Gasteiger partial charge in [-0.05, 0) is 55.3 Å². The number of benzene rings is 2. The molecule has 2 aromatic carbocycles. The number of para-hydroxylation sites is 1. The van der Waals surface area contributed by atoms with Gasteiger partial charge >= 0.3 is 0 Å². The molecule has 0 bridgehead atoms. The van der Waals surface area contributed by atoms with E-state index < -0.39 is 0 Å². The van der Waals surface area contributed by atoms with Crippen LogP contribution in [0.5, 0.6) is 0 Å². The Morgan fingerprint density at radius 2 is 1.95 bits per heavy atom. The van der Waals surface area contributed by atoms with Crippen molar-refractivity contribution in [2.24, 2.45) is 7.05 Å². The van der Waals surface area contributed by atoms with Crippen molar-refractivity contribution in [2.45, 2.75) is 26.4 Å². The summed E-state index contributed by atoms with van der Waals surface area (Å²) in [4.78, 5) is 34.8. The molecule has 3 aromatic heterocycles. The second-order valence-electron chi connectivity index (χ2n) is 8.90. The van der Waals surface area contributed by atoms with E-state index in [0.29, 0.717) is 17.7 Å². The Labute approximate surface area is 218 Å². The van der Waals surface area contributed by atoms with Crippen molar-refractivity contribution in [1.82, 2.24) is 30.4 Å². The van der Waals surface area contributed by atoms with Crippen molar-refractivity contribution in [2.75, 3.05) is 0 Å². The van der Waals surface area contributed by atoms with E-state index in [2.05, 4.69) is 20.7 Å². The molecule has 1 atom stereocenters. The van der Waals surface area contributed by atoms with Crippen LogP contribution in [0.2, 0.25) is 0 Å². The molecule has 5 rings (SSSR count). The molecule has 0 aliphatic heterocycles. The van der Waals surface area contributed by atoms with E-state index in [1.165, 1.54) is 11.3 Å². The van der Waals surface area contributed by atoms with Gasteiger partial charge in [0.05, 0.1) is 41.2 Å². The highest BCUT2D eigenvalue weighted by Gasteiger charge is 2.18. The van der Waals surface area contributed by atoms with E-state index in [4.69, 9.17) is 4.98 Å². The van der Waals surface area contributed by atoms with Crippen LogP contribution in [0.15, 0.2) is 71.8 Å². The number of pyridine rings is 1. The zero-order chi connectivity index (χ0) is 25.9. The summed E-state index contributed by atoms with van der Waals surface area (Å²) >= 11 is 1.48. The lowest BCUT2D eigenvalue weighted by Gasteiger charge is -2.18. The zero-order valence-electron chi connectivity index (χ0n) is 20.7. The fourth-order valence-electron chi connectivity index (χ4n) is 4.27. The predicted octanol–water partition coefficient (Wildman–Crippen LogP) is 4.82. The van der Waals surface area contributed by atoms with Gasteiger partial charge in [0.25, 0.3) is 11.8 Å². The molecular formula is C28H26N6O2S. The summed E-state index contributed by atoms with van der Waals surface area (Å²) in [5.41, 5.74) is 7.82. The van der Waals surface area contributed by atoms with Crippen molar-refractivity contribution in [3.8, 4) is 11.3 Å². The molecule has 0 aliphatic carbocycles. The van der Waals surface area contributed by atoms with E-state index in [-0.39, 0.29) is 17.9 Å². The van der Waals surface area contributed by atoms with E-state index >= 15 is 0 Å². The van der Waals surface area contributed by atoms with Crippen molar-refractivity contribution in [1.29, 1.82) is 0 Å². The quantitative estimate of drug-likeness (QED) is 0.327. The summed E-state index contributed by atoms with van der Waals surface area (Å²) in [6.45, 7) is 4.16. The maximum Gasteiger partial charge on any atom is 0.252 e. The zero-order valence-corrected chi connectivity index (χ0v) is 21.5. The summed E-state index contributed by atoms with van der Waals surface area (Å²) in [6.07, 6.45) is 3.70. The van der Waals surface area contributed by atoms with Gasteiger partial charge in [-0.2, -0.15) is 5.10 Å². The van der Waals surface area contributed by atoms with Crippen molar-refractivity contribution in [3.05, 3.63) is 99.8 Å². The summed E-state index contributed by atoms with van der Waals surface area (Å²) in [5, 5.41) is 13.1. The number of nitrogens with one attached hydrogen (secondary N) is 2. The number of rotatable bonds is 7. The van der Waals surface area contributed by atoms with Gasteiger partial charge in [-0.1, -0.05) is 18.2 Å². The Balaban J connectivity index is 1.36. The molecule has 0 spiro atoms. The van der Waals surface area contributed by atoms with Crippen LogP contribution in [0.4, 0.5) is 0 Å². The maximum atomic E-state index is 13.3. The number of aryl methyl sites for hydroxylation is 2. The lowest BCUT2D eigenvalue weighted by Crippen LogP contribution is -2.28. The van der Waals surface area contributed by atoms with Gasteiger partial charge in [-0.25, -0.2) is 9.97 Å². The molecule has 0 saturated carbocycles. The fraction of sp³-hybridized carbons (Fsp3) is 0.179. The molecule has 37 heavy (non-hydrogen) atoms. The number of carbonyl (C=O) groups is 2.